The lowest BCUT2D eigenvalue weighted by Gasteiger charge is -2.12. The van der Waals surface area contributed by atoms with Crippen LogP contribution in [0.25, 0.3) is 0 Å². The van der Waals surface area contributed by atoms with E-state index in [4.69, 9.17) is 0 Å². The molecule has 0 unspecified atom stereocenters. The van der Waals surface area contributed by atoms with Crippen molar-refractivity contribution in [1.82, 2.24) is 5.32 Å². The van der Waals surface area contributed by atoms with Crippen molar-refractivity contribution in [1.29, 1.82) is 0 Å². The van der Waals surface area contributed by atoms with Gasteiger partial charge in [0.05, 0.1) is 6.04 Å². The molecule has 82 valence electrons. The Morgan fingerprint density at radius 2 is 1.93 bits per heavy atom. The van der Waals surface area contributed by atoms with E-state index in [1.165, 1.54) is 5.56 Å². The van der Waals surface area contributed by atoms with Crippen molar-refractivity contribution in [3.05, 3.63) is 29.8 Å². The average molecular weight is 206 g/mol. The van der Waals surface area contributed by atoms with Crippen molar-refractivity contribution in [3.8, 4) is 0 Å². The van der Waals surface area contributed by atoms with Gasteiger partial charge in [0.25, 0.3) is 0 Å². The van der Waals surface area contributed by atoms with E-state index in [0.29, 0.717) is 0 Å². The van der Waals surface area contributed by atoms with Gasteiger partial charge in [-0.3, -0.25) is 4.79 Å². The van der Waals surface area contributed by atoms with Crippen LogP contribution in [0, 0.1) is 6.92 Å². The molecule has 1 rings (SSSR count). The Hall–Kier alpha value is -1.35. The zero-order valence-corrected chi connectivity index (χ0v) is 9.50. The standard InChI is InChI=1S/C12H18N2O/c1-4-13-10(3)12(15)14-11-7-5-9(2)6-8-11/h5-8,10,13H,4H2,1-3H3,(H,14,15)/t10-/m1/s1. The zero-order chi connectivity index (χ0) is 11.3. The van der Waals surface area contributed by atoms with Crippen LogP contribution in [0.1, 0.15) is 19.4 Å². The number of carbonyl (C=O) groups excluding carboxylic acids is 1. The van der Waals surface area contributed by atoms with Gasteiger partial charge in [0.2, 0.25) is 5.91 Å². The number of aryl methyl sites for hydroxylation is 1. The van der Waals surface area contributed by atoms with E-state index in [-0.39, 0.29) is 11.9 Å². The molecule has 1 aromatic carbocycles. The number of amides is 1. The molecule has 0 radical (unpaired) electrons. The second-order valence-electron chi connectivity index (χ2n) is 3.63. The molecule has 15 heavy (non-hydrogen) atoms. The van der Waals surface area contributed by atoms with Gasteiger partial charge in [-0.25, -0.2) is 0 Å². The Balaban J connectivity index is 2.54. The van der Waals surface area contributed by atoms with Gasteiger partial charge in [0.15, 0.2) is 0 Å². The zero-order valence-electron chi connectivity index (χ0n) is 9.50. The molecule has 1 amide bonds. The summed E-state index contributed by atoms with van der Waals surface area (Å²) in [6.07, 6.45) is 0. The van der Waals surface area contributed by atoms with Gasteiger partial charge >= 0.3 is 0 Å². The van der Waals surface area contributed by atoms with Gasteiger partial charge in [-0.1, -0.05) is 24.6 Å². The largest absolute Gasteiger partial charge is 0.325 e. The minimum absolute atomic E-state index is 0.000651. The highest BCUT2D eigenvalue weighted by atomic mass is 16.2. The van der Waals surface area contributed by atoms with Gasteiger partial charge in [-0.15, -0.1) is 0 Å². The summed E-state index contributed by atoms with van der Waals surface area (Å²) in [6.45, 7) is 6.65. The third-order valence-electron chi connectivity index (χ3n) is 2.22. The average Bonchev–Trinajstić information content (AvgIpc) is 2.22. The number of rotatable bonds is 4. The number of likely N-dealkylation sites (N-methyl/N-ethyl adjacent to an activating group) is 1. The molecule has 0 saturated heterocycles. The van der Waals surface area contributed by atoms with Crippen LogP contribution in [0.4, 0.5) is 5.69 Å². The van der Waals surface area contributed by atoms with Gasteiger partial charge in [-0.2, -0.15) is 0 Å². The summed E-state index contributed by atoms with van der Waals surface area (Å²) in [6, 6.07) is 7.62. The number of carbonyl (C=O) groups is 1. The number of hydrogen-bond donors (Lipinski definition) is 2. The second-order valence-corrected chi connectivity index (χ2v) is 3.63. The minimum atomic E-state index is -0.156. The molecule has 3 heteroatoms. The van der Waals surface area contributed by atoms with Gasteiger partial charge in [-0.05, 0) is 32.5 Å². The highest BCUT2D eigenvalue weighted by Gasteiger charge is 2.10. The van der Waals surface area contributed by atoms with Crippen molar-refractivity contribution in [2.24, 2.45) is 0 Å². The topological polar surface area (TPSA) is 41.1 Å². The van der Waals surface area contributed by atoms with Crippen molar-refractivity contribution < 1.29 is 4.79 Å². The molecule has 0 aliphatic rings. The molecule has 0 saturated carbocycles. The Kier molecular flexibility index (Phi) is 4.31. The third-order valence-corrected chi connectivity index (χ3v) is 2.22. The lowest BCUT2D eigenvalue weighted by atomic mass is 10.2. The summed E-state index contributed by atoms with van der Waals surface area (Å²) in [5.74, 6) is 0.000651. The Morgan fingerprint density at radius 1 is 1.33 bits per heavy atom. The first-order valence-electron chi connectivity index (χ1n) is 5.24. The Bertz CT molecular complexity index is 319. The lowest BCUT2D eigenvalue weighted by molar-refractivity contribution is -0.117. The Labute approximate surface area is 90.9 Å². The number of benzene rings is 1. The van der Waals surface area contributed by atoms with Crippen LogP contribution in [0.5, 0.6) is 0 Å². The first-order chi connectivity index (χ1) is 7.13. The van der Waals surface area contributed by atoms with Crippen LogP contribution in [-0.4, -0.2) is 18.5 Å². The predicted octanol–water partition coefficient (Wildman–Crippen LogP) is 1.93. The number of hydrogen-bond acceptors (Lipinski definition) is 2. The fraction of sp³-hybridized carbons (Fsp3) is 0.417. The molecule has 1 aromatic rings. The van der Waals surface area contributed by atoms with Gasteiger partial charge in [0, 0.05) is 5.69 Å². The van der Waals surface area contributed by atoms with Crippen molar-refractivity contribution >= 4 is 11.6 Å². The highest BCUT2D eigenvalue weighted by molar-refractivity contribution is 5.94. The Morgan fingerprint density at radius 3 is 2.47 bits per heavy atom. The van der Waals surface area contributed by atoms with Crippen molar-refractivity contribution in [3.63, 3.8) is 0 Å². The molecule has 0 spiro atoms. The summed E-state index contributed by atoms with van der Waals surface area (Å²) in [5.41, 5.74) is 2.03. The molecule has 0 heterocycles. The maximum atomic E-state index is 11.6. The monoisotopic (exact) mass is 206 g/mol. The highest BCUT2D eigenvalue weighted by Crippen LogP contribution is 2.08. The molecule has 3 nitrogen and oxygen atoms in total. The summed E-state index contributed by atoms with van der Waals surface area (Å²) < 4.78 is 0. The first-order valence-corrected chi connectivity index (χ1v) is 5.24. The van der Waals surface area contributed by atoms with Crippen LogP contribution >= 0.6 is 0 Å². The molecular formula is C12H18N2O. The van der Waals surface area contributed by atoms with E-state index >= 15 is 0 Å². The van der Waals surface area contributed by atoms with E-state index in [1.54, 1.807) is 0 Å². The normalized spacial score (nSPS) is 12.2. The van der Waals surface area contributed by atoms with Crippen LogP contribution < -0.4 is 10.6 Å². The third kappa shape index (κ3) is 3.72. The SMILES string of the molecule is CCN[C@H](C)C(=O)Nc1ccc(C)cc1. The van der Waals surface area contributed by atoms with E-state index in [1.807, 2.05) is 45.0 Å². The van der Waals surface area contributed by atoms with Gasteiger partial charge in [0.1, 0.15) is 0 Å². The summed E-state index contributed by atoms with van der Waals surface area (Å²) in [4.78, 5) is 11.6. The molecule has 0 fully saturated rings. The smallest absolute Gasteiger partial charge is 0.241 e. The van der Waals surface area contributed by atoms with Crippen molar-refractivity contribution in [2.45, 2.75) is 26.8 Å². The van der Waals surface area contributed by atoms with Crippen LogP contribution in [0.15, 0.2) is 24.3 Å². The van der Waals surface area contributed by atoms with Gasteiger partial charge < -0.3 is 10.6 Å². The van der Waals surface area contributed by atoms with E-state index in [9.17, 15) is 4.79 Å². The fourth-order valence-electron chi connectivity index (χ4n) is 1.29. The molecule has 0 aliphatic heterocycles. The first kappa shape index (κ1) is 11.7. The quantitative estimate of drug-likeness (QED) is 0.790. The molecule has 0 aromatic heterocycles. The van der Waals surface area contributed by atoms with E-state index < -0.39 is 0 Å². The minimum Gasteiger partial charge on any atom is -0.325 e. The van der Waals surface area contributed by atoms with E-state index in [0.717, 1.165) is 12.2 Å². The molecule has 0 aliphatic carbocycles. The predicted molar refractivity (Wildman–Crippen MR) is 62.9 cm³/mol. The van der Waals surface area contributed by atoms with Crippen LogP contribution in [0.3, 0.4) is 0 Å². The maximum absolute atomic E-state index is 11.6. The molecule has 1 atom stereocenters. The molecular weight excluding hydrogens is 188 g/mol. The fourth-order valence-corrected chi connectivity index (χ4v) is 1.29. The molecule has 2 N–H and O–H groups in total. The summed E-state index contributed by atoms with van der Waals surface area (Å²) >= 11 is 0. The lowest BCUT2D eigenvalue weighted by Crippen LogP contribution is -2.37. The number of anilines is 1. The molecule has 0 bridgehead atoms. The summed E-state index contributed by atoms with van der Waals surface area (Å²) in [5, 5.41) is 5.92. The maximum Gasteiger partial charge on any atom is 0.241 e. The van der Waals surface area contributed by atoms with Crippen LogP contribution in [0.2, 0.25) is 0 Å². The number of nitrogens with one attached hydrogen (secondary N) is 2. The summed E-state index contributed by atoms with van der Waals surface area (Å²) in [7, 11) is 0. The van der Waals surface area contributed by atoms with E-state index in [2.05, 4.69) is 10.6 Å². The second kappa shape index (κ2) is 5.51. The van der Waals surface area contributed by atoms with Crippen molar-refractivity contribution in [2.75, 3.05) is 11.9 Å². The van der Waals surface area contributed by atoms with Crippen LogP contribution in [-0.2, 0) is 4.79 Å².